The molecule has 2 aromatic rings. The summed E-state index contributed by atoms with van der Waals surface area (Å²) in [5.74, 6) is -0.310. The van der Waals surface area contributed by atoms with Crippen LogP contribution in [0.2, 0.25) is 0 Å². The van der Waals surface area contributed by atoms with Gasteiger partial charge in [-0.15, -0.1) is 0 Å². The first-order chi connectivity index (χ1) is 10.5. The van der Waals surface area contributed by atoms with Gasteiger partial charge in [0.1, 0.15) is 5.75 Å². The minimum atomic E-state index is -1.01. The van der Waals surface area contributed by atoms with E-state index in [2.05, 4.69) is 5.10 Å². The second-order valence-electron chi connectivity index (χ2n) is 4.78. The van der Waals surface area contributed by atoms with Crippen molar-refractivity contribution in [2.45, 2.75) is 19.4 Å². The number of ether oxygens (including phenoxy) is 1. The van der Waals surface area contributed by atoms with Crippen LogP contribution in [0.5, 0.6) is 5.75 Å². The molecular weight excluding hydrogens is 288 g/mol. The fourth-order valence-electron chi connectivity index (χ4n) is 2.00. The highest BCUT2D eigenvalue weighted by Gasteiger charge is 2.07. The number of aromatic amines is 1. The third kappa shape index (κ3) is 3.85. The number of H-pyrrole nitrogens is 1. The van der Waals surface area contributed by atoms with E-state index in [4.69, 9.17) is 9.84 Å². The zero-order chi connectivity index (χ0) is 16.1. The largest absolute Gasteiger partial charge is 0.497 e. The molecule has 0 amide bonds. The van der Waals surface area contributed by atoms with E-state index in [-0.39, 0.29) is 30.5 Å². The Balaban J connectivity index is 2.21. The van der Waals surface area contributed by atoms with Gasteiger partial charge in [-0.2, -0.15) is 0 Å². The molecule has 1 aromatic carbocycles. The van der Waals surface area contributed by atoms with Gasteiger partial charge in [0.25, 0.3) is 11.1 Å². The number of hydrogen-bond donors (Lipinski definition) is 2. The topological polar surface area (TPSA) is 101 Å². The molecule has 2 N–H and O–H groups in total. The zero-order valence-corrected chi connectivity index (χ0v) is 12.0. The van der Waals surface area contributed by atoms with Gasteiger partial charge in [-0.3, -0.25) is 19.5 Å². The number of aryl methyl sites for hydroxylation is 1. The van der Waals surface area contributed by atoms with Crippen molar-refractivity contribution in [2.24, 2.45) is 0 Å². The second kappa shape index (κ2) is 6.75. The van der Waals surface area contributed by atoms with Crippen molar-refractivity contribution in [3.05, 3.63) is 62.2 Å². The molecule has 1 heterocycles. The lowest BCUT2D eigenvalue weighted by Crippen LogP contribution is -2.31. The minimum absolute atomic E-state index is 0.0310. The average Bonchev–Trinajstić information content (AvgIpc) is 2.50. The van der Waals surface area contributed by atoms with Crippen LogP contribution in [0.25, 0.3) is 0 Å². The van der Waals surface area contributed by atoms with Crippen LogP contribution in [0, 0.1) is 0 Å². The summed E-state index contributed by atoms with van der Waals surface area (Å²) < 4.78 is 6.24. The summed E-state index contributed by atoms with van der Waals surface area (Å²) in [6.45, 7) is 0.220. The first kappa shape index (κ1) is 15.6. The number of aromatic nitrogens is 2. The molecule has 0 saturated heterocycles. The fraction of sp³-hybridized carbons (Fsp3) is 0.267. The van der Waals surface area contributed by atoms with E-state index in [0.29, 0.717) is 5.75 Å². The molecule has 7 nitrogen and oxygen atoms in total. The molecule has 0 fully saturated rings. The summed E-state index contributed by atoms with van der Waals surface area (Å²) >= 11 is 0. The van der Waals surface area contributed by atoms with Gasteiger partial charge in [0.2, 0.25) is 0 Å². The molecule has 1 aromatic heterocycles. The van der Waals surface area contributed by atoms with Crippen molar-refractivity contribution in [3.8, 4) is 5.75 Å². The van der Waals surface area contributed by atoms with Crippen molar-refractivity contribution in [1.82, 2.24) is 9.78 Å². The van der Waals surface area contributed by atoms with Crippen LogP contribution in [0.1, 0.15) is 17.5 Å². The average molecular weight is 304 g/mol. The van der Waals surface area contributed by atoms with Gasteiger partial charge in [-0.1, -0.05) is 12.1 Å². The van der Waals surface area contributed by atoms with Crippen molar-refractivity contribution in [2.75, 3.05) is 7.11 Å². The molecule has 0 aliphatic carbocycles. The number of carboxylic acids is 1. The number of aliphatic carboxylic acids is 1. The molecular formula is C15H16N2O5. The van der Waals surface area contributed by atoms with Crippen molar-refractivity contribution in [3.63, 3.8) is 0 Å². The molecule has 0 radical (unpaired) electrons. The Morgan fingerprint density at radius 3 is 2.55 bits per heavy atom. The van der Waals surface area contributed by atoms with Gasteiger partial charge < -0.3 is 9.84 Å². The lowest BCUT2D eigenvalue weighted by molar-refractivity contribution is -0.136. The molecule has 116 valence electrons. The van der Waals surface area contributed by atoms with Crippen LogP contribution in [0.15, 0.2) is 39.9 Å². The summed E-state index contributed by atoms with van der Waals surface area (Å²) in [5, 5.41) is 11.1. The highest BCUT2D eigenvalue weighted by Crippen LogP contribution is 2.11. The summed E-state index contributed by atoms with van der Waals surface area (Å²) in [7, 11) is 1.56. The van der Waals surface area contributed by atoms with Gasteiger partial charge in [-0.05, 0) is 24.1 Å². The maximum absolute atomic E-state index is 12.0. The van der Waals surface area contributed by atoms with Crippen LogP contribution < -0.4 is 15.9 Å². The van der Waals surface area contributed by atoms with E-state index in [0.717, 1.165) is 5.56 Å². The predicted octanol–water partition coefficient (Wildman–Crippen LogP) is 0.611. The van der Waals surface area contributed by atoms with Crippen LogP contribution in [0.3, 0.4) is 0 Å². The fourth-order valence-corrected chi connectivity index (χ4v) is 2.00. The van der Waals surface area contributed by atoms with E-state index in [9.17, 15) is 14.4 Å². The molecule has 0 unspecified atom stereocenters. The Bertz CT molecular complexity index is 774. The number of carbonyl (C=O) groups is 1. The van der Waals surface area contributed by atoms with Crippen LogP contribution in [-0.4, -0.2) is 28.0 Å². The first-order valence-corrected chi connectivity index (χ1v) is 6.67. The van der Waals surface area contributed by atoms with Crippen LogP contribution >= 0.6 is 0 Å². The second-order valence-corrected chi connectivity index (χ2v) is 4.78. The highest BCUT2D eigenvalue weighted by atomic mass is 16.5. The first-order valence-electron chi connectivity index (χ1n) is 6.67. The van der Waals surface area contributed by atoms with Crippen molar-refractivity contribution < 1.29 is 14.6 Å². The molecule has 7 heteroatoms. The third-order valence-electron chi connectivity index (χ3n) is 3.20. The lowest BCUT2D eigenvalue weighted by atomic mass is 10.1. The number of nitrogens with zero attached hydrogens (tertiary/aromatic N) is 1. The minimum Gasteiger partial charge on any atom is -0.497 e. The molecule has 0 bridgehead atoms. The summed E-state index contributed by atoms with van der Waals surface area (Å²) in [5.41, 5.74) is 0.181. The van der Waals surface area contributed by atoms with Crippen molar-refractivity contribution >= 4 is 5.97 Å². The zero-order valence-electron chi connectivity index (χ0n) is 12.0. The predicted molar refractivity (Wildman–Crippen MR) is 79.4 cm³/mol. The number of methoxy groups -OCH3 is 1. The number of hydrogen-bond acceptors (Lipinski definition) is 4. The smallest absolute Gasteiger partial charge is 0.303 e. The van der Waals surface area contributed by atoms with Gasteiger partial charge in [-0.25, -0.2) is 4.68 Å². The quantitative estimate of drug-likeness (QED) is 0.814. The normalized spacial score (nSPS) is 10.4. The molecule has 0 spiro atoms. The van der Waals surface area contributed by atoms with E-state index in [1.807, 2.05) is 0 Å². The Labute approximate surface area is 125 Å². The molecule has 0 atom stereocenters. The lowest BCUT2D eigenvalue weighted by Gasteiger charge is -2.07. The van der Waals surface area contributed by atoms with Crippen molar-refractivity contribution in [1.29, 1.82) is 0 Å². The molecule has 22 heavy (non-hydrogen) atoms. The Kier molecular flexibility index (Phi) is 4.77. The molecule has 0 aliphatic rings. The Morgan fingerprint density at radius 2 is 1.95 bits per heavy atom. The van der Waals surface area contributed by atoms with E-state index >= 15 is 0 Å². The summed E-state index contributed by atoms with van der Waals surface area (Å²) in [4.78, 5) is 34.4. The van der Waals surface area contributed by atoms with Crippen LogP contribution in [-0.2, 0) is 17.8 Å². The molecule has 2 rings (SSSR count). The van der Waals surface area contributed by atoms with E-state index in [1.54, 1.807) is 31.4 Å². The van der Waals surface area contributed by atoms with E-state index in [1.165, 1.54) is 10.7 Å². The standard InChI is InChI=1S/C15H16N2O5/c1-22-12-5-2-10(3-6-12)9-17-13(18)8-11(15(21)16-17)4-7-14(19)20/h2-3,5-6,8H,4,7,9H2,1H3,(H,16,21)(H,19,20). The van der Waals surface area contributed by atoms with Gasteiger partial charge in [0.15, 0.2) is 0 Å². The van der Waals surface area contributed by atoms with Gasteiger partial charge >= 0.3 is 5.97 Å². The maximum atomic E-state index is 12.0. The van der Waals surface area contributed by atoms with Gasteiger partial charge in [0, 0.05) is 18.1 Å². The number of benzene rings is 1. The number of rotatable bonds is 6. The highest BCUT2D eigenvalue weighted by molar-refractivity contribution is 5.67. The summed E-state index contributed by atoms with van der Waals surface area (Å²) in [6, 6.07) is 8.30. The SMILES string of the molecule is COc1ccc(Cn2[nH]c(=O)c(CCC(=O)O)cc2=O)cc1. The monoisotopic (exact) mass is 304 g/mol. The van der Waals surface area contributed by atoms with E-state index < -0.39 is 11.5 Å². The molecule has 0 saturated carbocycles. The number of nitrogens with one attached hydrogen (secondary N) is 1. The number of carboxylic acid groups (broad SMARTS) is 1. The Hall–Kier alpha value is -2.83. The van der Waals surface area contributed by atoms with Crippen LogP contribution in [0.4, 0.5) is 0 Å². The third-order valence-corrected chi connectivity index (χ3v) is 3.20. The Morgan fingerprint density at radius 1 is 1.27 bits per heavy atom. The molecule has 0 aliphatic heterocycles. The maximum Gasteiger partial charge on any atom is 0.303 e. The van der Waals surface area contributed by atoms with Gasteiger partial charge in [0.05, 0.1) is 13.7 Å². The summed E-state index contributed by atoms with van der Waals surface area (Å²) in [6.07, 6.45) is -0.158.